The van der Waals surface area contributed by atoms with E-state index in [1.54, 1.807) is 11.8 Å². The topological polar surface area (TPSA) is 20.3 Å². The molecular formula is C26H24ClN2OS+. The number of rotatable bonds is 4. The van der Waals surface area contributed by atoms with Gasteiger partial charge < -0.3 is 9.32 Å². The van der Waals surface area contributed by atoms with Crippen LogP contribution in [0.25, 0.3) is 27.9 Å². The van der Waals surface area contributed by atoms with Gasteiger partial charge in [-0.25, -0.2) is 0 Å². The molecule has 31 heavy (non-hydrogen) atoms. The van der Waals surface area contributed by atoms with Crippen LogP contribution in [0.1, 0.15) is 26.2 Å². The SMILES string of the molecule is CCC(=Cc1oc2ccc3ccccc3c2[n+]1C)C=C1Sc2ccc(Cl)cc2N1CC. The zero-order valence-electron chi connectivity index (χ0n) is 17.9. The highest BCUT2D eigenvalue weighted by atomic mass is 35.5. The van der Waals surface area contributed by atoms with E-state index in [-0.39, 0.29) is 0 Å². The zero-order chi connectivity index (χ0) is 21.5. The number of hydrogen-bond donors (Lipinski definition) is 0. The van der Waals surface area contributed by atoms with E-state index in [1.165, 1.54) is 32.0 Å². The summed E-state index contributed by atoms with van der Waals surface area (Å²) in [6, 6.07) is 18.7. The van der Waals surface area contributed by atoms with Crippen molar-refractivity contribution < 1.29 is 8.98 Å². The second-order valence-corrected chi connectivity index (χ2v) is 9.15. The Kier molecular flexibility index (Phi) is 5.28. The average Bonchev–Trinajstić information content (AvgIpc) is 3.29. The van der Waals surface area contributed by atoms with Crippen LogP contribution in [0.4, 0.5) is 5.69 Å². The van der Waals surface area contributed by atoms with Gasteiger partial charge in [0.1, 0.15) is 7.05 Å². The molecule has 4 aromatic rings. The summed E-state index contributed by atoms with van der Waals surface area (Å²) in [5.41, 5.74) is 4.43. The van der Waals surface area contributed by atoms with E-state index in [4.69, 9.17) is 16.0 Å². The number of hydrogen-bond acceptors (Lipinski definition) is 3. The molecule has 0 fully saturated rings. The number of thioether (sulfide) groups is 1. The summed E-state index contributed by atoms with van der Waals surface area (Å²) >= 11 is 8.04. The first kappa shape index (κ1) is 20.2. The molecule has 1 aliphatic rings. The molecule has 0 atom stereocenters. The van der Waals surface area contributed by atoms with Crippen molar-refractivity contribution in [1.29, 1.82) is 0 Å². The Morgan fingerprint density at radius 1 is 1.13 bits per heavy atom. The normalized spacial score (nSPS) is 15.4. The molecule has 5 rings (SSSR count). The number of aryl methyl sites for hydroxylation is 1. The summed E-state index contributed by atoms with van der Waals surface area (Å²) in [6.45, 7) is 5.25. The van der Waals surface area contributed by atoms with Gasteiger partial charge in [0, 0.05) is 16.5 Å². The molecule has 5 heteroatoms. The van der Waals surface area contributed by atoms with Crippen molar-refractivity contribution in [2.24, 2.45) is 7.05 Å². The number of oxazole rings is 1. The Labute approximate surface area is 191 Å². The van der Waals surface area contributed by atoms with E-state index >= 15 is 0 Å². The van der Waals surface area contributed by atoms with E-state index in [0.717, 1.165) is 35.0 Å². The van der Waals surface area contributed by atoms with Crippen molar-refractivity contribution in [2.45, 2.75) is 25.2 Å². The van der Waals surface area contributed by atoms with Gasteiger partial charge in [-0.05, 0) is 60.7 Å². The predicted molar refractivity (Wildman–Crippen MR) is 132 cm³/mol. The second-order valence-electron chi connectivity index (χ2n) is 7.65. The largest absolute Gasteiger partial charge is 0.398 e. The molecule has 0 spiro atoms. The summed E-state index contributed by atoms with van der Waals surface area (Å²) in [4.78, 5) is 3.57. The molecule has 0 aliphatic carbocycles. The predicted octanol–water partition coefficient (Wildman–Crippen LogP) is 7.33. The number of allylic oxidation sites excluding steroid dienone is 2. The van der Waals surface area contributed by atoms with E-state index < -0.39 is 0 Å². The molecule has 0 saturated carbocycles. The summed E-state index contributed by atoms with van der Waals surface area (Å²) in [6.07, 6.45) is 5.34. The highest BCUT2D eigenvalue weighted by Crippen LogP contribution is 2.47. The third kappa shape index (κ3) is 3.54. The lowest BCUT2D eigenvalue weighted by Gasteiger charge is -2.18. The molecule has 0 saturated heterocycles. The fourth-order valence-electron chi connectivity index (χ4n) is 4.15. The van der Waals surface area contributed by atoms with Crippen LogP contribution >= 0.6 is 23.4 Å². The molecule has 0 bridgehead atoms. The van der Waals surface area contributed by atoms with Gasteiger partial charge in [-0.2, -0.15) is 4.57 Å². The molecule has 0 unspecified atom stereocenters. The monoisotopic (exact) mass is 447 g/mol. The van der Waals surface area contributed by atoms with Crippen molar-refractivity contribution in [3.8, 4) is 0 Å². The number of halogens is 1. The summed E-state index contributed by atoms with van der Waals surface area (Å²) in [5, 5.41) is 4.42. The fourth-order valence-corrected chi connectivity index (χ4v) is 5.50. The van der Waals surface area contributed by atoms with E-state index in [1.807, 2.05) is 12.1 Å². The minimum Gasteiger partial charge on any atom is -0.398 e. The van der Waals surface area contributed by atoms with Gasteiger partial charge in [-0.15, -0.1) is 0 Å². The number of nitrogens with zero attached hydrogens (tertiary/aromatic N) is 2. The van der Waals surface area contributed by atoms with Gasteiger partial charge in [0.2, 0.25) is 5.58 Å². The molecule has 0 radical (unpaired) electrons. The molecule has 1 aromatic heterocycles. The Morgan fingerprint density at radius 2 is 1.97 bits per heavy atom. The summed E-state index contributed by atoms with van der Waals surface area (Å²) < 4.78 is 8.41. The Hall–Kier alpha value is -2.69. The molecule has 3 aromatic carbocycles. The second kappa shape index (κ2) is 8.10. The first-order chi connectivity index (χ1) is 15.1. The van der Waals surface area contributed by atoms with Gasteiger partial charge in [0.15, 0.2) is 0 Å². The maximum absolute atomic E-state index is 6.25. The Balaban J connectivity index is 1.58. The Bertz CT molecular complexity index is 1370. The average molecular weight is 448 g/mol. The molecular weight excluding hydrogens is 424 g/mol. The summed E-state index contributed by atoms with van der Waals surface area (Å²) in [7, 11) is 2.07. The molecule has 3 nitrogen and oxygen atoms in total. The lowest BCUT2D eigenvalue weighted by atomic mass is 10.1. The molecule has 2 heterocycles. The summed E-state index contributed by atoms with van der Waals surface area (Å²) in [5.74, 6) is 0.853. The number of anilines is 1. The fraction of sp³-hybridized carbons (Fsp3) is 0.192. The number of benzene rings is 3. The molecule has 1 aliphatic heterocycles. The minimum absolute atomic E-state index is 0.770. The number of fused-ring (bicyclic) bond motifs is 4. The third-order valence-electron chi connectivity index (χ3n) is 5.78. The van der Waals surface area contributed by atoms with Crippen LogP contribution < -0.4 is 9.47 Å². The maximum Gasteiger partial charge on any atom is 0.374 e. The lowest BCUT2D eigenvalue weighted by Crippen LogP contribution is -2.29. The van der Waals surface area contributed by atoms with Crippen LogP contribution in [0, 0.1) is 0 Å². The van der Waals surface area contributed by atoms with E-state index in [0.29, 0.717) is 0 Å². The van der Waals surface area contributed by atoms with E-state index in [9.17, 15) is 0 Å². The third-order valence-corrected chi connectivity index (χ3v) is 7.13. The van der Waals surface area contributed by atoms with Gasteiger partial charge in [0.05, 0.1) is 22.2 Å². The van der Waals surface area contributed by atoms with Crippen molar-refractivity contribution in [1.82, 2.24) is 0 Å². The van der Waals surface area contributed by atoms with Gasteiger partial charge in [-0.1, -0.05) is 54.6 Å². The zero-order valence-corrected chi connectivity index (χ0v) is 19.4. The van der Waals surface area contributed by atoms with Gasteiger partial charge in [-0.3, -0.25) is 0 Å². The van der Waals surface area contributed by atoms with Crippen LogP contribution in [0.15, 0.2) is 80.6 Å². The van der Waals surface area contributed by atoms with Crippen LogP contribution in [0.5, 0.6) is 0 Å². The highest BCUT2D eigenvalue weighted by molar-refractivity contribution is 8.03. The van der Waals surface area contributed by atoms with Crippen molar-refractivity contribution in [2.75, 3.05) is 11.4 Å². The van der Waals surface area contributed by atoms with Gasteiger partial charge in [0.25, 0.3) is 5.52 Å². The van der Waals surface area contributed by atoms with Crippen LogP contribution in [0.2, 0.25) is 5.02 Å². The van der Waals surface area contributed by atoms with E-state index in [2.05, 4.69) is 85.0 Å². The van der Waals surface area contributed by atoms with Crippen molar-refractivity contribution in [3.63, 3.8) is 0 Å². The van der Waals surface area contributed by atoms with Crippen molar-refractivity contribution >= 4 is 57.0 Å². The first-order valence-electron chi connectivity index (χ1n) is 10.6. The first-order valence-corrected chi connectivity index (χ1v) is 11.8. The number of aromatic nitrogens is 1. The van der Waals surface area contributed by atoms with Crippen LogP contribution in [0.3, 0.4) is 0 Å². The quantitative estimate of drug-likeness (QED) is 0.305. The lowest BCUT2D eigenvalue weighted by molar-refractivity contribution is -0.651. The van der Waals surface area contributed by atoms with Gasteiger partial charge >= 0.3 is 5.89 Å². The molecule has 156 valence electrons. The van der Waals surface area contributed by atoms with Crippen LogP contribution in [-0.4, -0.2) is 6.54 Å². The highest BCUT2D eigenvalue weighted by Gasteiger charge is 2.25. The van der Waals surface area contributed by atoms with Crippen molar-refractivity contribution in [3.05, 3.63) is 82.2 Å². The maximum atomic E-state index is 6.25. The molecule has 0 N–H and O–H groups in total. The standard InChI is InChI=1S/C26H24ClN2OS/c1-4-17(15-25-29(5-2)21-16-19(27)11-13-23(21)31-25)14-24-28(3)26-20-9-7-6-8-18(20)10-12-22(26)30-24/h6-16H,4-5H2,1-3H3/q+1. The smallest absolute Gasteiger partial charge is 0.374 e. The Morgan fingerprint density at radius 3 is 2.77 bits per heavy atom. The minimum atomic E-state index is 0.770. The van der Waals surface area contributed by atoms with Crippen LogP contribution in [-0.2, 0) is 7.05 Å². The molecule has 0 amide bonds.